The largest absolute Gasteiger partial charge is 0.492 e. The van der Waals surface area contributed by atoms with E-state index in [4.69, 9.17) is 11.6 Å². The third kappa shape index (κ3) is 2.80. The van der Waals surface area contributed by atoms with Gasteiger partial charge in [0.15, 0.2) is 5.69 Å². The zero-order valence-electron chi connectivity index (χ0n) is 9.38. The molecule has 0 amide bonds. The molecule has 1 aromatic carbocycles. The lowest BCUT2D eigenvalue weighted by Crippen LogP contribution is -1.95. The lowest BCUT2D eigenvalue weighted by atomic mass is 10.1. The van der Waals surface area contributed by atoms with E-state index < -0.39 is 0 Å². The summed E-state index contributed by atoms with van der Waals surface area (Å²) in [5.74, 6) is 0.483. The van der Waals surface area contributed by atoms with E-state index in [9.17, 15) is 5.11 Å². The van der Waals surface area contributed by atoms with Crippen molar-refractivity contribution in [2.75, 3.05) is 5.75 Å². The van der Waals surface area contributed by atoms with Crippen LogP contribution in [-0.2, 0) is 0 Å². The molecular formula is C12H10ClN3OS. The summed E-state index contributed by atoms with van der Waals surface area (Å²) in [6, 6.07) is 7.09. The standard InChI is InChI=1S/C12H10ClN3OS/c1-2-7-18-12-14-11(17)10(15-16-12)8-5-3-4-6-9(8)13/h2-6H,1,7H2,(H,14,16,17). The summed E-state index contributed by atoms with van der Waals surface area (Å²) in [7, 11) is 0. The van der Waals surface area contributed by atoms with Crippen molar-refractivity contribution in [3.8, 4) is 17.1 Å². The first-order valence-electron chi connectivity index (χ1n) is 5.14. The molecule has 4 nitrogen and oxygen atoms in total. The number of hydrogen-bond donors (Lipinski definition) is 1. The van der Waals surface area contributed by atoms with Gasteiger partial charge in [-0.3, -0.25) is 0 Å². The maximum Gasteiger partial charge on any atom is 0.242 e. The first-order chi connectivity index (χ1) is 8.72. The molecule has 0 fully saturated rings. The van der Waals surface area contributed by atoms with E-state index in [2.05, 4.69) is 21.8 Å². The van der Waals surface area contributed by atoms with E-state index in [0.717, 1.165) is 0 Å². The van der Waals surface area contributed by atoms with Crippen LogP contribution in [0.5, 0.6) is 5.88 Å². The van der Waals surface area contributed by atoms with Crippen LogP contribution in [0.2, 0.25) is 5.02 Å². The molecule has 2 rings (SSSR count). The van der Waals surface area contributed by atoms with Crippen molar-refractivity contribution in [3.05, 3.63) is 41.9 Å². The summed E-state index contributed by atoms with van der Waals surface area (Å²) in [5.41, 5.74) is 0.889. The molecule has 0 saturated carbocycles. The quantitative estimate of drug-likeness (QED) is 0.688. The number of halogens is 1. The fourth-order valence-corrected chi connectivity index (χ4v) is 2.07. The lowest BCUT2D eigenvalue weighted by Gasteiger charge is -2.05. The van der Waals surface area contributed by atoms with Crippen LogP contribution >= 0.6 is 23.4 Å². The Morgan fingerprint density at radius 2 is 2.11 bits per heavy atom. The van der Waals surface area contributed by atoms with Gasteiger partial charge in [0.05, 0.1) is 5.02 Å². The highest BCUT2D eigenvalue weighted by Gasteiger charge is 2.12. The van der Waals surface area contributed by atoms with Gasteiger partial charge in [0.1, 0.15) is 0 Å². The van der Waals surface area contributed by atoms with Crippen molar-refractivity contribution in [1.29, 1.82) is 0 Å². The molecule has 0 radical (unpaired) electrons. The highest BCUT2D eigenvalue weighted by atomic mass is 35.5. The minimum absolute atomic E-state index is 0.176. The average molecular weight is 280 g/mol. The van der Waals surface area contributed by atoms with Gasteiger partial charge in [-0.25, -0.2) is 0 Å². The molecule has 0 spiro atoms. The number of rotatable bonds is 4. The molecule has 0 atom stereocenters. The van der Waals surface area contributed by atoms with Gasteiger partial charge < -0.3 is 5.11 Å². The molecule has 0 bridgehead atoms. The summed E-state index contributed by atoms with van der Waals surface area (Å²) in [5, 5.41) is 18.6. The number of benzene rings is 1. The Balaban J connectivity index is 2.36. The SMILES string of the molecule is C=CCSc1nnc(-c2ccccc2Cl)c(O)n1. The van der Waals surface area contributed by atoms with Gasteiger partial charge in [0.25, 0.3) is 0 Å². The zero-order chi connectivity index (χ0) is 13.0. The van der Waals surface area contributed by atoms with Gasteiger partial charge >= 0.3 is 0 Å². The third-order valence-electron chi connectivity index (χ3n) is 2.11. The molecule has 0 unspecified atom stereocenters. The Hall–Kier alpha value is -1.59. The molecule has 18 heavy (non-hydrogen) atoms. The minimum atomic E-state index is -0.176. The van der Waals surface area contributed by atoms with Crippen LogP contribution < -0.4 is 0 Å². The van der Waals surface area contributed by atoms with Crippen LogP contribution in [0.15, 0.2) is 42.1 Å². The topological polar surface area (TPSA) is 58.9 Å². The monoisotopic (exact) mass is 279 g/mol. The van der Waals surface area contributed by atoms with Gasteiger partial charge in [0, 0.05) is 11.3 Å². The van der Waals surface area contributed by atoms with Crippen LogP contribution in [0, 0.1) is 0 Å². The van der Waals surface area contributed by atoms with Crippen molar-refractivity contribution < 1.29 is 5.11 Å². The summed E-state index contributed by atoms with van der Waals surface area (Å²) >= 11 is 7.38. The molecule has 6 heteroatoms. The number of hydrogen-bond acceptors (Lipinski definition) is 5. The minimum Gasteiger partial charge on any atom is -0.492 e. The van der Waals surface area contributed by atoms with Crippen molar-refractivity contribution >= 4 is 23.4 Å². The van der Waals surface area contributed by atoms with E-state index >= 15 is 0 Å². The molecule has 0 aliphatic heterocycles. The maximum absolute atomic E-state index is 9.86. The van der Waals surface area contributed by atoms with Gasteiger partial charge in [-0.05, 0) is 6.07 Å². The maximum atomic E-state index is 9.86. The molecule has 0 aliphatic carbocycles. The van der Waals surface area contributed by atoms with Crippen LogP contribution in [0.3, 0.4) is 0 Å². The highest BCUT2D eigenvalue weighted by Crippen LogP contribution is 2.31. The van der Waals surface area contributed by atoms with Crippen molar-refractivity contribution in [2.24, 2.45) is 0 Å². The average Bonchev–Trinajstić information content (AvgIpc) is 2.38. The van der Waals surface area contributed by atoms with E-state index in [-0.39, 0.29) is 11.6 Å². The Bertz CT molecular complexity index is 577. The van der Waals surface area contributed by atoms with E-state index in [0.29, 0.717) is 21.5 Å². The fourth-order valence-electron chi connectivity index (χ4n) is 1.33. The Morgan fingerprint density at radius 1 is 1.33 bits per heavy atom. The molecule has 1 N–H and O–H groups in total. The first-order valence-corrected chi connectivity index (χ1v) is 6.51. The van der Waals surface area contributed by atoms with Gasteiger partial charge in [0.2, 0.25) is 11.0 Å². The molecular weight excluding hydrogens is 270 g/mol. The van der Waals surface area contributed by atoms with E-state index in [1.165, 1.54) is 11.8 Å². The van der Waals surface area contributed by atoms with Crippen LogP contribution in [0.4, 0.5) is 0 Å². The van der Waals surface area contributed by atoms with Crippen molar-refractivity contribution in [2.45, 2.75) is 5.16 Å². The molecule has 1 aromatic heterocycles. The molecule has 0 aliphatic rings. The lowest BCUT2D eigenvalue weighted by molar-refractivity contribution is 0.442. The Morgan fingerprint density at radius 3 is 2.78 bits per heavy atom. The Labute approximate surface area is 114 Å². The van der Waals surface area contributed by atoms with Crippen LogP contribution in [0.1, 0.15) is 0 Å². The van der Waals surface area contributed by atoms with Crippen LogP contribution in [-0.4, -0.2) is 26.0 Å². The fraction of sp³-hybridized carbons (Fsp3) is 0.0833. The summed E-state index contributed by atoms with van der Waals surface area (Å²) < 4.78 is 0. The zero-order valence-corrected chi connectivity index (χ0v) is 10.9. The molecule has 2 aromatic rings. The normalized spacial score (nSPS) is 10.3. The summed E-state index contributed by atoms with van der Waals surface area (Å²) in [4.78, 5) is 3.97. The van der Waals surface area contributed by atoms with Crippen molar-refractivity contribution in [1.82, 2.24) is 15.2 Å². The second kappa shape index (κ2) is 5.84. The third-order valence-corrected chi connectivity index (χ3v) is 3.27. The van der Waals surface area contributed by atoms with Gasteiger partial charge in [-0.2, -0.15) is 4.98 Å². The van der Waals surface area contributed by atoms with Crippen molar-refractivity contribution in [3.63, 3.8) is 0 Å². The summed E-state index contributed by atoms with van der Waals surface area (Å²) in [6.07, 6.45) is 1.73. The molecule has 92 valence electrons. The van der Waals surface area contributed by atoms with Crippen LogP contribution in [0.25, 0.3) is 11.3 Å². The smallest absolute Gasteiger partial charge is 0.242 e. The second-order valence-corrected chi connectivity index (χ2v) is 4.74. The second-order valence-electron chi connectivity index (χ2n) is 3.35. The molecule has 0 saturated heterocycles. The predicted octanol–water partition coefficient (Wildman–Crippen LogP) is 3.18. The highest BCUT2D eigenvalue weighted by molar-refractivity contribution is 7.99. The number of thioether (sulfide) groups is 1. The predicted molar refractivity (Wildman–Crippen MR) is 72.9 cm³/mol. The number of nitrogens with zero attached hydrogens (tertiary/aromatic N) is 3. The Kier molecular flexibility index (Phi) is 4.17. The first kappa shape index (κ1) is 12.9. The summed E-state index contributed by atoms with van der Waals surface area (Å²) in [6.45, 7) is 3.60. The van der Waals surface area contributed by atoms with Gasteiger partial charge in [-0.1, -0.05) is 47.6 Å². The van der Waals surface area contributed by atoms with E-state index in [1.807, 2.05) is 6.07 Å². The van der Waals surface area contributed by atoms with Gasteiger partial charge in [-0.15, -0.1) is 16.8 Å². The molecule has 1 heterocycles. The number of aromatic nitrogens is 3. The van der Waals surface area contributed by atoms with E-state index in [1.54, 1.807) is 24.3 Å². The number of aromatic hydroxyl groups is 1.